The normalized spacial score (nSPS) is 17.2. The van der Waals surface area contributed by atoms with Crippen LogP contribution in [-0.2, 0) is 5.75 Å². The van der Waals surface area contributed by atoms with Crippen molar-refractivity contribution in [2.24, 2.45) is 0 Å². The van der Waals surface area contributed by atoms with Gasteiger partial charge < -0.3 is 9.84 Å². The number of anilines is 1. The molecule has 1 heterocycles. The van der Waals surface area contributed by atoms with Crippen molar-refractivity contribution < 1.29 is 4.52 Å². The first-order valence-corrected chi connectivity index (χ1v) is 6.99. The Morgan fingerprint density at radius 3 is 2.88 bits per heavy atom. The number of rotatable bonds is 5. The lowest BCUT2D eigenvalue weighted by Crippen LogP contribution is -2.09. The Morgan fingerprint density at radius 1 is 1.44 bits per heavy atom. The van der Waals surface area contributed by atoms with Crippen LogP contribution in [0.4, 0.5) is 6.01 Å². The van der Waals surface area contributed by atoms with Gasteiger partial charge in [-0.15, -0.1) is 0 Å². The molecule has 0 aliphatic heterocycles. The van der Waals surface area contributed by atoms with Crippen molar-refractivity contribution >= 4 is 17.8 Å². The van der Waals surface area contributed by atoms with Crippen LogP contribution >= 0.6 is 11.8 Å². The molecule has 0 bridgehead atoms. The Bertz CT molecular complexity index is 321. The number of nitrogens with one attached hydrogen (secondary N) is 1. The zero-order valence-electron chi connectivity index (χ0n) is 9.90. The van der Waals surface area contributed by atoms with E-state index in [0.717, 1.165) is 16.8 Å². The van der Waals surface area contributed by atoms with Gasteiger partial charge >= 0.3 is 6.01 Å². The van der Waals surface area contributed by atoms with E-state index >= 15 is 0 Å². The lowest BCUT2D eigenvalue weighted by Gasteiger charge is -2.05. The summed E-state index contributed by atoms with van der Waals surface area (Å²) in [7, 11) is 0. The maximum atomic E-state index is 5.11. The van der Waals surface area contributed by atoms with Gasteiger partial charge in [-0.2, -0.15) is 16.7 Å². The smallest absolute Gasteiger partial charge is 0.321 e. The molecule has 1 aliphatic carbocycles. The Kier molecular flexibility index (Phi) is 4.09. The quantitative estimate of drug-likeness (QED) is 0.858. The molecule has 2 rings (SSSR count). The first-order chi connectivity index (χ1) is 7.74. The first-order valence-electron chi connectivity index (χ1n) is 5.95. The van der Waals surface area contributed by atoms with Crippen LogP contribution in [0.3, 0.4) is 0 Å². The third-order valence-electron chi connectivity index (χ3n) is 2.63. The van der Waals surface area contributed by atoms with Crippen LogP contribution in [-0.4, -0.2) is 21.4 Å². The molecule has 90 valence electrons. The highest BCUT2D eigenvalue weighted by Crippen LogP contribution is 2.31. The molecule has 4 nitrogen and oxygen atoms in total. The zero-order valence-corrected chi connectivity index (χ0v) is 10.7. The Morgan fingerprint density at radius 2 is 2.19 bits per heavy atom. The topological polar surface area (TPSA) is 51.0 Å². The van der Waals surface area contributed by atoms with E-state index in [1.54, 1.807) is 0 Å². The van der Waals surface area contributed by atoms with Crippen LogP contribution in [0.25, 0.3) is 0 Å². The zero-order chi connectivity index (χ0) is 11.4. The van der Waals surface area contributed by atoms with E-state index in [0.29, 0.717) is 12.1 Å². The highest BCUT2D eigenvalue weighted by atomic mass is 32.2. The van der Waals surface area contributed by atoms with E-state index in [4.69, 9.17) is 4.52 Å². The molecule has 1 saturated carbocycles. The molecule has 0 saturated heterocycles. The van der Waals surface area contributed by atoms with Gasteiger partial charge in [-0.25, -0.2) is 0 Å². The second-order valence-electron chi connectivity index (χ2n) is 4.53. The van der Waals surface area contributed by atoms with Gasteiger partial charge in [0.2, 0.25) is 0 Å². The summed E-state index contributed by atoms with van der Waals surface area (Å²) in [6, 6.07) is 0.868. The standard InChI is InChI=1S/C11H19N3OS/c1-8(2)12-11-13-10(14-15-11)7-16-9-5-3-4-6-9/h8-9H,3-7H2,1-2H3,(H,12,13,14). The first kappa shape index (κ1) is 11.8. The van der Waals surface area contributed by atoms with E-state index in [9.17, 15) is 0 Å². The Labute approximate surface area is 101 Å². The molecule has 0 spiro atoms. The average molecular weight is 241 g/mol. The van der Waals surface area contributed by atoms with Crippen molar-refractivity contribution in [2.75, 3.05) is 5.32 Å². The summed E-state index contributed by atoms with van der Waals surface area (Å²) in [6.07, 6.45) is 5.45. The maximum absolute atomic E-state index is 5.11. The van der Waals surface area contributed by atoms with Crippen molar-refractivity contribution in [1.29, 1.82) is 0 Å². The molecule has 0 radical (unpaired) electrons. The molecule has 5 heteroatoms. The van der Waals surface area contributed by atoms with Gasteiger partial charge in [0.25, 0.3) is 0 Å². The van der Waals surface area contributed by atoms with Gasteiger partial charge in [0.05, 0.1) is 5.75 Å². The van der Waals surface area contributed by atoms with Crippen LogP contribution in [0.2, 0.25) is 0 Å². The summed E-state index contributed by atoms with van der Waals surface area (Å²) in [4.78, 5) is 4.30. The van der Waals surface area contributed by atoms with Gasteiger partial charge in [0.15, 0.2) is 5.82 Å². The predicted octanol–water partition coefficient (Wildman–Crippen LogP) is 3.07. The fraction of sp³-hybridized carbons (Fsp3) is 0.818. The van der Waals surface area contributed by atoms with Gasteiger partial charge in [-0.3, -0.25) is 0 Å². The van der Waals surface area contributed by atoms with E-state index in [1.165, 1.54) is 25.7 Å². The second kappa shape index (κ2) is 5.57. The molecular formula is C11H19N3OS. The van der Waals surface area contributed by atoms with Crippen molar-refractivity contribution in [3.05, 3.63) is 5.82 Å². The van der Waals surface area contributed by atoms with E-state index in [1.807, 2.05) is 11.8 Å². The fourth-order valence-corrected chi connectivity index (χ4v) is 3.03. The molecule has 1 aromatic rings. The van der Waals surface area contributed by atoms with Crippen LogP contribution in [0.1, 0.15) is 45.4 Å². The van der Waals surface area contributed by atoms with Gasteiger partial charge in [0, 0.05) is 11.3 Å². The molecule has 0 unspecified atom stereocenters. The predicted molar refractivity (Wildman–Crippen MR) is 66.6 cm³/mol. The highest BCUT2D eigenvalue weighted by molar-refractivity contribution is 7.99. The number of aromatic nitrogens is 2. The van der Waals surface area contributed by atoms with Crippen molar-refractivity contribution in [2.45, 2.75) is 56.6 Å². The summed E-state index contributed by atoms with van der Waals surface area (Å²) in [5.41, 5.74) is 0. The summed E-state index contributed by atoms with van der Waals surface area (Å²) >= 11 is 1.96. The minimum atomic E-state index is 0.329. The van der Waals surface area contributed by atoms with Crippen LogP contribution in [0.5, 0.6) is 0 Å². The molecule has 1 fully saturated rings. The molecule has 1 N–H and O–H groups in total. The highest BCUT2D eigenvalue weighted by Gasteiger charge is 2.16. The Balaban J connectivity index is 1.78. The molecular weight excluding hydrogens is 222 g/mol. The fourth-order valence-electron chi connectivity index (χ4n) is 1.87. The third kappa shape index (κ3) is 3.40. The third-order valence-corrected chi connectivity index (χ3v) is 4.00. The molecule has 16 heavy (non-hydrogen) atoms. The maximum Gasteiger partial charge on any atom is 0.321 e. The van der Waals surface area contributed by atoms with Crippen LogP contribution < -0.4 is 5.32 Å². The minimum Gasteiger partial charge on any atom is -0.336 e. The molecule has 1 aromatic heterocycles. The SMILES string of the molecule is CC(C)Nc1nc(CSC2CCCC2)no1. The monoisotopic (exact) mass is 241 g/mol. The van der Waals surface area contributed by atoms with E-state index in [2.05, 4.69) is 29.3 Å². The van der Waals surface area contributed by atoms with E-state index in [-0.39, 0.29) is 0 Å². The van der Waals surface area contributed by atoms with Crippen molar-refractivity contribution in [3.8, 4) is 0 Å². The van der Waals surface area contributed by atoms with Crippen LogP contribution in [0.15, 0.2) is 4.52 Å². The van der Waals surface area contributed by atoms with Crippen LogP contribution in [0, 0.1) is 0 Å². The molecule has 0 atom stereocenters. The van der Waals surface area contributed by atoms with Gasteiger partial charge in [-0.1, -0.05) is 18.0 Å². The molecule has 0 aromatic carbocycles. The molecule has 0 amide bonds. The van der Waals surface area contributed by atoms with Gasteiger partial charge in [-0.05, 0) is 26.7 Å². The lowest BCUT2D eigenvalue weighted by molar-refractivity contribution is 0.422. The summed E-state index contributed by atoms with van der Waals surface area (Å²) < 4.78 is 5.11. The minimum absolute atomic E-state index is 0.329. The number of thioether (sulfide) groups is 1. The number of hydrogen-bond donors (Lipinski definition) is 1. The summed E-state index contributed by atoms with van der Waals surface area (Å²) in [5.74, 6) is 1.67. The number of nitrogens with zero attached hydrogens (tertiary/aromatic N) is 2. The lowest BCUT2D eigenvalue weighted by atomic mass is 10.4. The molecule has 1 aliphatic rings. The summed E-state index contributed by atoms with van der Waals surface area (Å²) in [5, 5.41) is 7.87. The largest absolute Gasteiger partial charge is 0.336 e. The van der Waals surface area contributed by atoms with E-state index < -0.39 is 0 Å². The second-order valence-corrected chi connectivity index (χ2v) is 5.82. The summed E-state index contributed by atoms with van der Waals surface area (Å²) in [6.45, 7) is 4.11. The van der Waals surface area contributed by atoms with Crippen molar-refractivity contribution in [3.63, 3.8) is 0 Å². The number of hydrogen-bond acceptors (Lipinski definition) is 5. The van der Waals surface area contributed by atoms with Gasteiger partial charge in [0.1, 0.15) is 0 Å². The average Bonchev–Trinajstić information content (AvgIpc) is 2.84. The Hall–Kier alpha value is -0.710. The van der Waals surface area contributed by atoms with Crippen molar-refractivity contribution in [1.82, 2.24) is 10.1 Å².